The van der Waals surface area contributed by atoms with Gasteiger partial charge in [0.2, 0.25) is 0 Å². The number of azide groups is 1. The van der Waals surface area contributed by atoms with E-state index in [-0.39, 0.29) is 36.8 Å². The summed E-state index contributed by atoms with van der Waals surface area (Å²) in [5.41, 5.74) is 9.84. The summed E-state index contributed by atoms with van der Waals surface area (Å²) in [6, 6.07) is 13.3. The van der Waals surface area contributed by atoms with Gasteiger partial charge >= 0.3 is 24.1 Å². The van der Waals surface area contributed by atoms with Crippen LogP contribution in [0.5, 0.6) is 0 Å². The number of ether oxygens (including phenoxy) is 2. The molecule has 0 saturated carbocycles. The van der Waals surface area contributed by atoms with Crippen LogP contribution in [0.15, 0.2) is 59.8 Å². The fourth-order valence-corrected chi connectivity index (χ4v) is 5.43. The quantitative estimate of drug-likeness (QED) is 0.138. The highest BCUT2D eigenvalue weighted by Crippen LogP contribution is 2.18. The van der Waals surface area contributed by atoms with Gasteiger partial charge in [-0.3, -0.25) is 19.2 Å². The van der Waals surface area contributed by atoms with Crippen molar-refractivity contribution in [1.29, 1.82) is 0 Å². The topological polar surface area (TPSA) is 254 Å². The van der Waals surface area contributed by atoms with Crippen LogP contribution in [-0.2, 0) is 25.5 Å². The molecule has 0 bridgehead atoms. The standard InChI is InChI=1S/C20H25N5O5.C16H21N5O3.C4H4O2/c1-20(2,3)30-19(29)24-10-8-23(9-11-24)18(28)14-4-6-16(7-5-14)25-13-15(21-22-25)12-17(26)27;1-16(2,3)24-15(23)21-10-8-20(9-11-21)14(22)12-4-6-13(7-5-12)18-19-17;1-2-3-4(5)6/h4-7,13H,8-12H2,1-3H3,(H,26,27);4-7H,8-11H2,1-3H3;1H,3H2,(H,5,6). The number of terminal acetylenes is 1. The first-order valence-electron chi connectivity index (χ1n) is 18.8. The molecule has 2 N–H and O–H groups in total. The number of hydrogen-bond acceptors (Lipinski definition) is 11. The second-order valence-electron chi connectivity index (χ2n) is 15.3. The molecule has 0 spiro atoms. The Balaban J connectivity index is 0.000000287. The highest BCUT2D eigenvalue weighted by atomic mass is 16.6. The molecule has 60 heavy (non-hydrogen) atoms. The maximum Gasteiger partial charge on any atom is 0.410 e. The predicted molar refractivity (Wildman–Crippen MR) is 216 cm³/mol. The second-order valence-corrected chi connectivity index (χ2v) is 15.3. The first-order valence-corrected chi connectivity index (χ1v) is 18.8. The number of aliphatic carboxylic acids is 2. The molecule has 2 aliphatic heterocycles. The molecule has 320 valence electrons. The second kappa shape index (κ2) is 21.6. The normalized spacial score (nSPS) is 13.8. The van der Waals surface area contributed by atoms with Crippen molar-refractivity contribution in [2.45, 2.75) is 65.6 Å². The lowest BCUT2D eigenvalue weighted by molar-refractivity contribution is -0.137. The summed E-state index contributed by atoms with van der Waals surface area (Å²) < 4.78 is 12.2. The Morgan fingerprint density at radius 3 is 1.48 bits per heavy atom. The number of carbonyl (C=O) groups excluding carboxylic acids is 4. The van der Waals surface area contributed by atoms with Crippen LogP contribution in [0.1, 0.15) is 74.4 Å². The third-order valence-corrected chi connectivity index (χ3v) is 8.22. The van der Waals surface area contributed by atoms with Crippen molar-refractivity contribution in [2.24, 2.45) is 5.11 Å². The average Bonchev–Trinajstić information content (AvgIpc) is 3.65. The van der Waals surface area contributed by atoms with Gasteiger partial charge in [0.05, 0.1) is 24.0 Å². The average molecular weight is 831 g/mol. The molecule has 3 aromatic rings. The summed E-state index contributed by atoms with van der Waals surface area (Å²) in [5, 5.41) is 27.8. The summed E-state index contributed by atoms with van der Waals surface area (Å²) in [4.78, 5) is 78.9. The van der Waals surface area contributed by atoms with Gasteiger partial charge in [-0.2, -0.15) is 0 Å². The molecule has 2 fully saturated rings. The lowest BCUT2D eigenvalue weighted by Gasteiger charge is -2.35. The van der Waals surface area contributed by atoms with Crippen molar-refractivity contribution in [1.82, 2.24) is 34.6 Å². The van der Waals surface area contributed by atoms with Crippen LogP contribution >= 0.6 is 0 Å². The van der Waals surface area contributed by atoms with Crippen LogP contribution in [0.25, 0.3) is 16.1 Å². The molecule has 0 aliphatic carbocycles. The van der Waals surface area contributed by atoms with Gasteiger partial charge in [-0.15, -0.1) is 11.5 Å². The van der Waals surface area contributed by atoms with Crippen LogP contribution in [0, 0.1) is 12.3 Å². The van der Waals surface area contributed by atoms with Gasteiger partial charge < -0.3 is 39.3 Å². The van der Waals surface area contributed by atoms with Gasteiger partial charge in [-0.1, -0.05) is 28.4 Å². The minimum atomic E-state index is -0.977. The number of benzene rings is 2. The summed E-state index contributed by atoms with van der Waals surface area (Å²) in [5.74, 6) is -0.177. The maximum absolute atomic E-state index is 12.8. The highest BCUT2D eigenvalue weighted by molar-refractivity contribution is 5.95. The Kier molecular flexibility index (Phi) is 17.0. The van der Waals surface area contributed by atoms with E-state index >= 15 is 0 Å². The first-order chi connectivity index (χ1) is 28.2. The number of hydrogen-bond donors (Lipinski definition) is 2. The van der Waals surface area contributed by atoms with Crippen LogP contribution in [0.4, 0.5) is 15.3 Å². The minimum absolute atomic E-state index is 0.105. The molecule has 4 amide bonds. The van der Waals surface area contributed by atoms with E-state index in [1.54, 1.807) is 74.3 Å². The molecule has 20 heteroatoms. The van der Waals surface area contributed by atoms with Crippen molar-refractivity contribution >= 4 is 41.6 Å². The molecule has 20 nitrogen and oxygen atoms in total. The molecule has 3 heterocycles. The molecular weight excluding hydrogens is 780 g/mol. The number of piperazine rings is 2. The van der Waals surface area contributed by atoms with Gasteiger partial charge in [0.25, 0.3) is 11.8 Å². The van der Waals surface area contributed by atoms with E-state index in [0.29, 0.717) is 80.6 Å². The first kappa shape index (κ1) is 47.2. The molecule has 2 aromatic carbocycles. The van der Waals surface area contributed by atoms with Crippen LogP contribution in [0.2, 0.25) is 0 Å². The number of carboxylic acid groups (broad SMARTS) is 2. The summed E-state index contributed by atoms with van der Waals surface area (Å²) in [7, 11) is 0. The Hall–Kier alpha value is -7.13. The Labute approximate surface area is 347 Å². The molecule has 5 rings (SSSR count). The van der Waals surface area contributed by atoms with Crippen molar-refractivity contribution in [2.75, 3.05) is 52.4 Å². The number of carbonyl (C=O) groups is 6. The van der Waals surface area contributed by atoms with E-state index in [1.807, 2.05) is 47.5 Å². The van der Waals surface area contributed by atoms with E-state index in [4.69, 9.17) is 25.2 Å². The third-order valence-electron chi connectivity index (χ3n) is 8.22. The van der Waals surface area contributed by atoms with Crippen molar-refractivity contribution in [3.8, 4) is 18.0 Å². The van der Waals surface area contributed by atoms with E-state index in [2.05, 4.69) is 26.8 Å². The fourth-order valence-electron chi connectivity index (χ4n) is 5.43. The lowest BCUT2D eigenvalue weighted by atomic mass is 10.1. The van der Waals surface area contributed by atoms with Gasteiger partial charge in [-0.05, 0) is 83.5 Å². The molecule has 2 aliphatic rings. The van der Waals surface area contributed by atoms with Crippen LogP contribution in [0.3, 0.4) is 0 Å². The Bertz CT molecular complexity index is 2060. The van der Waals surface area contributed by atoms with Gasteiger partial charge in [0.15, 0.2) is 0 Å². The van der Waals surface area contributed by atoms with Gasteiger partial charge in [-0.25, -0.2) is 14.3 Å². The number of carboxylic acids is 2. The van der Waals surface area contributed by atoms with E-state index in [0.717, 1.165) is 0 Å². The van der Waals surface area contributed by atoms with E-state index in [1.165, 1.54) is 4.68 Å². The Morgan fingerprint density at radius 2 is 1.13 bits per heavy atom. The van der Waals surface area contributed by atoms with Crippen molar-refractivity contribution in [3.05, 3.63) is 82.0 Å². The van der Waals surface area contributed by atoms with Crippen molar-refractivity contribution in [3.63, 3.8) is 0 Å². The maximum atomic E-state index is 12.8. The number of nitrogens with zero attached hydrogens (tertiary/aromatic N) is 10. The molecule has 2 saturated heterocycles. The summed E-state index contributed by atoms with van der Waals surface area (Å²) in [6.07, 6.45) is 5.04. The van der Waals surface area contributed by atoms with Crippen LogP contribution < -0.4 is 0 Å². The largest absolute Gasteiger partial charge is 0.481 e. The predicted octanol–water partition coefficient (Wildman–Crippen LogP) is 5.00. The zero-order valence-corrected chi connectivity index (χ0v) is 34.5. The van der Waals surface area contributed by atoms with Gasteiger partial charge in [0.1, 0.15) is 17.6 Å². The third kappa shape index (κ3) is 15.7. The fraction of sp³-hybridized carbons (Fsp3) is 0.450. The number of amides is 4. The monoisotopic (exact) mass is 830 g/mol. The smallest absolute Gasteiger partial charge is 0.410 e. The van der Waals surface area contributed by atoms with Crippen molar-refractivity contribution < 1.29 is 48.5 Å². The summed E-state index contributed by atoms with van der Waals surface area (Å²) >= 11 is 0. The molecule has 0 unspecified atom stereocenters. The van der Waals surface area contributed by atoms with E-state index < -0.39 is 23.1 Å². The highest BCUT2D eigenvalue weighted by Gasteiger charge is 2.29. The number of rotatable bonds is 7. The molecule has 0 atom stereocenters. The SMILES string of the molecule is C#CCC(=O)O.CC(C)(C)OC(=O)N1CCN(C(=O)c2ccc(-n3cc(CC(=O)O)nn3)cc2)CC1.CC(C)(C)OC(=O)N1CCN(C(=O)c2ccc(N=[N+]=[N-])cc2)CC1. The van der Waals surface area contributed by atoms with Crippen LogP contribution in [-0.4, -0.2) is 144 Å². The number of aromatic nitrogens is 3. The lowest BCUT2D eigenvalue weighted by Crippen LogP contribution is -2.51. The zero-order chi connectivity index (χ0) is 44.6. The van der Waals surface area contributed by atoms with E-state index in [9.17, 15) is 28.8 Å². The van der Waals surface area contributed by atoms with Gasteiger partial charge in [0, 0.05) is 74.1 Å². The zero-order valence-electron chi connectivity index (χ0n) is 34.5. The Morgan fingerprint density at radius 1 is 0.717 bits per heavy atom. The molecule has 1 aromatic heterocycles. The summed E-state index contributed by atoms with van der Waals surface area (Å²) in [6.45, 7) is 14.4. The molecular formula is C40H50N10O10. The minimum Gasteiger partial charge on any atom is -0.481 e. The molecule has 0 radical (unpaired) electrons.